The number of rotatable bonds is 0. The van der Waals surface area contributed by atoms with Crippen LogP contribution in [0.5, 0.6) is 0 Å². The maximum Gasteiger partial charge on any atom is -0.00000511 e. The zero-order valence-corrected chi connectivity index (χ0v) is 8.26. The van der Waals surface area contributed by atoms with Crippen molar-refractivity contribution in [2.24, 2.45) is 11.8 Å². The lowest BCUT2D eigenvalue weighted by atomic mass is 9.85. The van der Waals surface area contributed by atoms with Crippen LogP contribution in [0.3, 0.4) is 0 Å². The fourth-order valence-corrected chi connectivity index (χ4v) is 2.59. The Bertz CT molecular complexity index is 215. The summed E-state index contributed by atoms with van der Waals surface area (Å²) in [7, 11) is 0. The summed E-state index contributed by atoms with van der Waals surface area (Å²) in [6.07, 6.45) is 13.9. The molecule has 1 heteroatoms. The zero-order valence-electron chi connectivity index (χ0n) is 7.37. The summed E-state index contributed by atoms with van der Waals surface area (Å²) in [5.74, 6) is 1.62. The van der Waals surface area contributed by atoms with Crippen LogP contribution in [0.2, 0.25) is 0 Å². The predicted molar refractivity (Wildman–Crippen MR) is 56.3 cm³/mol. The molecule has 12 heavy (non-hydrogen) atoms. The van der Waals surface area contributed by atoms with E-state index in [1.54, 1.807) is 0 Å². The monoisotopic (exact) mass is 180 g/mol. The number of hydrogen-bond acceptors (Lipinski definition) is 1. The molecule has 0 spiro atoms. The lowest BCUT2D eigenvalue weighted by Gasteiger charge is -2.22. The van der Waals surface area contributed by atoms with E-state index in [0.29, 0.717) is 0 Å². The van der Waals surface area contributed by atoms with Crippen LogP contribution in [0.25, 0.3) is 0 Å². The van der Waals surface area contributed by atoms with Gasteiger partial charge in [-0.15, -0.1) is 12.6 Å². The molecule has 0 aromatic heterocycles. The highest BCUT2D eigenvalue weighted by Gasteiger charge is 2.21. The van der Waals surface area contributed by atoms with Gasteiger partial charge in [0.25, 0.3) is 0 Å². The highest BCUT2D eigenvalue weighted by molar-refractivity contribution is 7.84. The van der Waals surface area contributed by atoms with Gasteiger partial charge in [0.1, 0.15) is 0 Å². The summed E-state index contributed by atoms with van der Waals surface area (Å²) < 4.78 is 0. The van der Waals surface area contributed by atoms with E-state index in [-0.39, 0.29) is 0 Å². The van der Waals surface area contributed by atoms with Gasteiger partial charge < -0.3 is 0 Å². The van der Waals surface area contributed by atoms with Crippen molar-refractivity contribution < 1.29 is 0 Å². The largest absolute Gasteiger partial charge is 0.144 e. The van der Waals surface area contributed by atoms with Gasteiger partial charge >= 0.3 is 0 Å². The van der Waals surface area contributed by atoms with E-state index in [1.807, 2.05) is 0 Å². The molecule has 0 N–H and O–H groups in total. The van der Waals surface area contributed by atoms with Crippen molar-refractivity contribution in [2.75, 3.05) is 0 Å². The molecule has 0 saturated heterocycles. The molecular weight excluding hydrogens is 164 g/mol. The lowest BCUT2D eigenvalue weighted by molar-refractivity contribution is 0.444. The Kier molecular flexibility index (Phi) is 2.60. The quantitative estimate of drug-likeness (QED) is 0.541. The summed E-state index contributed by atoms with van der Waals surface area (Å²) >= 11 is 4.39. The molecule has 2 rings (SSSR count). The van der Waals surface area contributed by atoms with E-state index in [4.69, 9.17) is 0 Å². The molecule has 0 aromatic carbocycles. The van der Waals surface area contributed by atoms with Crippen LogP contribution in [-0.4, -0.2) is 0 Å². The average molecular weight is 180 g/mol. The summed E-state index contributed by atoms with van der Waals surface area (Å²) in [6, 6.07) is 0. The lowest BCUT2D eigenvalue weighted by Crippen LogP contribution is -2.11. The van der Waals surface area contributed by atoms with Gasteiger partial charge in [0.15, 0.2) is 0 Å². The van der Waals surface area contributed by atoms with Crippen molar-refractivity contribution in [2.45, 2.75) is 32.1 Å². The van der Waals surface area contributed by atoms with E-state index in [1.165, 1.54) is 32.1 Å². The minimum absolute atomic E-state index is 0.796. The van der Waals surface area contributed by atoms with Crippen LogP contribution in [0, 0.1) is 11.8 Å². The third-order valence-electron chi connectivity index (χ3n) is 3.02. The molecule has 0 nitrogen and oxygen atoms in total. The molecule has 2 atom stereocenters. The Hall–Kier alpha value is -0.170. The Balaban J connectivity index is 2.11. The van der Waals surface area contributed by atoms with E-state index >= 15 is 0 Å². The van der Waals surface area contributed by atoms with Crippen LogP contribution < -0.4 is 0 Å². The van der Waals surface area contributed by atoms with Gasteiger partial charge in [-0.3, -0.25) is 0 Å². The third kappa shape index (κ3) is 1.77. The number of thiol groups is 1. The molecular formula is C11H16S. The molecule has 0 heterocycles. The normalized spacial score (nSPS) is 35.2. The van der Waals surface area contributed by atoms with Crippen molar-refractivity contribution >= 4 is 12.6 Å². The Morgan fingerprint density at radius 3 is 2.67 bits per heavy atom. The summed E-state index contributed by atoms with van der Waals surface area (Å²) in [6.45, 7) is 0. The van der Waals surface area contributed by atoms with Crippen molar-refractivity contribution in [3.8, 4) is 0 Å². The standard InChI is InChI=1S/C11H16S/c12-11-7-6-9-4-2-1-3-5-10(9)8-11/h6-10,12H,1-5H2. The first-order valence-electron chi connectivity index (χ1n) is 4.95. The van der Waals surface area contributed by atoms with Crippen LogP contribution in [-0.2, 0) is 0 Å². The van der Waals surface area contributed by atoms with E-state index < -0.39 is 0 Å². The molecule has 0 aromatic rings. The van der Waals surface area contributed by atoms with Gasteiger partial charge in [0.05, 0.1) is 0 Å². The number of fused-ring (bicyclic) bond motifs is 1. The average Bonchev–Trinajstić information content (AvgIpc) is 2.28. The second kappa shape index (κ2) is 3.69. The second-order valence-corrected chi connectivity index (χ2v) is 4.43. The first-order chi connectivity index (χ1) is 5.86. The van der Waals surface area contributed by atoms with E-state index in [9.17, 15) is 0 Å². The highest BCUT2D eigenvalue weighted by atomic mass is 32.1. The van der Waals surface area contributed by atoms with Crippen LogP contribution >= 0.6 is 12.6 Å². The number of hydrogen-bond donors (Lipinski definition) is 1. The fraction of sp³-hybridized carbons (Fsp3) is 0.636. The Labute approximate surface area is 80.2 Å². The summed E-state index contributed by atoms with van der Waals surface area (Å²) in [5.41, 5.74) is 0. The summed E-state index contributed by atoms with van der Waals surface area (Å²) in [4.78, 5) is 1.16. The summed E-state index contributed by atoms with van der Waals surface area (Å²) in [5, 5.41) is 0. The molecule has 2 aliphatic rings. The van der Waals surface area contributed by atoms with Crippen LogP contribution in [0.15, 0.2) is 23.1 Å². The maximum atomic E-state index is 4.39. The molecule has 0 aliphatic heterocycles. The van der Waals surface area contributed by atoms with Gasteiger partial charge in [-0.05, 0) is 29.6 Å². The maximum absolute atomic E-state index is 4.39. The first kappa shape index (κ1) is 8.43. The van der Waals surface area contributed by atoms with E-state index in [0.717, 1.165) is 16.7 Å². The van der Waals surface area contributed by atoms with E-state index in [2.05, 4.69) is 30.9 Å². The van der Waals surface area contributed by atoms with Crippen LogP contribution in [0.4, 0.5) is 0 Å². The topological polar surface area (TPSA) is 0 Å². The molecule has 0 amide bonds. The molecule has 2 unspecified atom stereocenters. The van der Waals surface area contributed by atoms with Gasteiger partial charge in [-0.1, -0.05) is 37.5 Å². The Morgan fingerprint density at radius 1 is 1.08 bits per heavy atom. The van der Waals surface area contributed by atoms with Gasteiger partial charge in [-0.25, -0.2) is 0 Å². The van der Waals surface area contributed by atoms with Gasteiger partial charge in [0, 0.05) is 0 Å². The van der Waals surface area contributed by atoms with Gasteiger partial charge in [0.2, 0.25) is 0 Å². The molecule has 1 saturated carbocycles. The van der Waals surface area contributed by atoms with Crippen molar-refractivity contribution in [1.29, 1.82) is 0 Å². The van der Waals surface area contributed by atoms with Crippen molar-refractivity contribution in [1.82, 2.24) is 0 Å². The molecule has 1 fully saturated rings. The highest BCUT2D eigenvalue weighted by Crippen LogP contribution is 2.34. The minimum Gasteiger partial charge on any atom is -0.144 e. The first-order valence-corrected chi connectivity index (χ1v) is 5.40. The molecule has 0 bridgehead atoms. The SMILES string of the molecule is SC1=CC2CCCCCC2C=C1. The Morgan fingerprint density at radius 2 is 1.83 bits per heavy atom. The van der Waals surface area contributed by atoms with Crippen molar-refractivity contribution in [3.63, 3.8) is 0 Å². The van der Waals surface area contributed by atoms with Crippen molar-refractivity contribution in [3.05, 3.63) is 23.1 Å². The second-order valence-electron chi connectivity index (χ2n) is 3.92. The molecule has 66 valence electrons. The molecule has 0 radical (unpaired) electrons. The van der Waals surface area contributed by atoms with Gasteiger partial charge in [-0.2, -0.15) is 0 Å². The van der Waals surface area contributed by atoms with Crippen LogP contribution in [0.1, 0.15) is 32.1 Å². The smallest absolute Gasteiger partial charge is 0.00000511 e. The molecule has 2 aliphatic carbocycles. The fourth-order valence-electron chi connectivity index (χ4n) is 2.31. The number of allylic oxidation sites excluding steroid dienone is 3. The zero-order chi connectivity index (χ0) is 8.39. The minimum atomic E-state index is 0.796. The predicted octanol–water partition coefficient (Wildman–Crippen LogP) is 3.57. The third-order valence-corrected chi connectivity index (χ3v) is 3.32.